The van der Waals surface area contributed by atoms with Crippen LogP contribution >= 0.6 is 12.4 Å². The Morgan fingerprint density at radius 3 is 2.29 bits per heavy atom. The first-order valence-electron chi connectivity index (χ1n) is 8.22. The minimum Gasteiger partial charge on any atom is -0.352 e. The molecule has 0 spiro atoms. The Bertz CT molecular complexity index is 727. The predicted molar refractivity (Wildman–Crippen MR) is 101 cm³/mol. The van der Waals surface area contributed by atoms with Crippen LogP contribution in [0.1, 0.15) is 32.9 Å². The molecule has 0 atom stereocenters. The average Bonchev–Trinajstić information content (AvgIpc) is 2.71. The number of nitrogens with one attached hydrogen (secondary N) is 2. The third-order valence-electron chi connectivity index (χ3n) is 4.56. The van der Waals surface area contributed by atoms with E-state index >= 15 is 0 Å². The number of halogens is 1. The smallest absolute Gasteiger partial charge is 0.253 e. The second-order valence-electron chi connectivity index (χ2n) is 6.70. The first kappa shape index (κ1) is 18.6. The average molecular weight is 348 g/mol. The molecule has 130 valence electrons. The fourth-order valence-corrected chi connectivity index (χ4v) is 3.29. The predicted octanol–water partition coefficient (Wildman–Crippen LogP) is 3.08. The summed E-state index contributed by atoms with van der Waals surface area (Å²) < 4.78 is 2.17. The lowest BCUT2D eigenvalue weighted by Crippen LogP contribution is -2.48. The summed E-state index contributed by atoms with van der Waals surface area (Å²) in [6.07, 6.45) is 0. The van der Waals surface area contributed by atoms with Gasteiger partial charge in [0, 0.05) is 42.6 Å². The van der Waals surface area contributed by atoms with E-state index in [2.05, 4.69) is 54.2 Å². The van der Waals surface area contributed by atoms with Crippen LogP contribution in [0.3, 0.4) is 0 Å². The van der Waals surface area contributed by atoms with Gasteiger partial charge in [-0.15, -0.1) is 12.4 Å². The number of hydrogen-bond donors (Lipinski definition) is 2. The molecule has 5 heteroatoms. The van der Waals surface area contributed by atoms with Gasteiger partial charge in [-0.3, -0.25) is 4.79 Å². The summed E-state index contributed by atoms with van der Waals surface area (Å²) in [5.41, 5.74) is 6.44. The Morgan fingerprint density at radius 2 is 1.75 bits per heavy atom. The van der Waals surface area contributed by atoms with E-state index in [0.717, 1.165) is 42.3 Å². The Labute approximate surface area is 150 Å². The van der Waals surface area contributed by atoms with Gasteiger partial charge in [0.1, 0.15) is 0 Å². The van der Waals surface area contributed by atoms with Crippen molar-refractivity contribution in [3.63, 3.8) is 0 Å². The van der Waals surface area contributed by atoms with Gasteiger partial charge in [0.2, 0.25) is 0 Å². The summed E-state index contributed by atoms with van der Waals surface area (Å²) in [6.45, 7) is 11.0. The first-order valence-corrected chi connectivity index (χ1v) is 8.22. The van der Waals surface area contributed by atoms with Crippen LogP contribution in [0.4, 0.5) is 0 Å². The molecule has 0 bridgehead atoms. The number of benzene rings is 1. The monoisotopic (exact) mass is 347 g/mol. The van der Waals surface area contributed by atoms with Crippen molar-refractivity contribution in [1.29, 1.82) is 0 Å². The largest absolute Gasteiger partial charge is 0.352 e. The summed E-state index contributed by atoms with van der Waals surface area (Å²) in [5, 5.41) is 6.29. The highest BCUT2D eigenvalue weighted by atomic mass is 35.5. The van der Waals surface area contributed by atoms with Gasteiger partial charge in [-0.05, 0) is 57.0 Å². The maximum atomic E-state index is 12.5. The van der Waals surface area contributed by atoms with Crippen molar-refractivity contribution in [3.8, 4) is 5.69 Å². The number of carbonyl (C=O) groups excluding carboxylic acids is 1. The van der Waals surface area contributed by atoms with Crippen molar-refractivity contribution in [2.45, 2.75) is 27.7 Å². The van der Waals surface area contributed by atoms with Crippen LogP contribution in [-0.4, -0.2) is 30.1 Å². The molecule has 24 heavy (non-hydrogen) atoms. The SMILES string of the molecule is Cc1cc(C)cc(-n2c(C)cc(C(=O)NCC3CNC3)c2C)c1.Cl. The standard InChI is InChI=1S/C19H25N3O.ClH/c1-12-5-13(2)7-17(6-12)22-14(3)8-18(15(22)4)19(23)21-11-16-9-20-10-16;/h5-8,16,20H,9-11H2,1-4H3,(H,21,23);1H. The van der Waals surface area contributed by atoms with Crippen molar-refractivity contribution >= 4 is 18.3 Å². The second kappa shape index (κ2) is 7.41. The molecule has 1 aliphatic heterocycles. The van der Waals surface area contributed by atoms with Crippen LogP contribution in [0.15, 0.2) is 24.3 Å². The number of carbonyl (C=O) groups is 1. The summed E-state index contributed by atoms with van der Waals surface area (Å²) in [7, 11) is 0. The second-order valence-corrected chi connectivity index (χ2v) is 6.70. The highest BCUT2D eigenvalue weighted by Crippen LogP contribution is 2.22. The third kappa shape index (κ3) is 3.65. The molecule has 0 saturated carbocycles. The summed E-state index contributed by atoms with van der Waals surface area (Å²) in [6, 6.07) is 8.47. The molecule has 0 aliphatic carbocycles. The zero-order valence-electron chi connectivity index (χ0n) is 14.8. The van der Waals surface area contributed by atoms with E-state index in [1.807, 2.05) is 13.0 Å². The molecule has 2 aromatic rings. The summed E-state index contributed by atoms with van der Waals surface area (Å²) in [4.78, 5) is 12.5. The number of amides is 1. The molecular formula is C19H26ClN3O. The van der Waals surface area contributed by atoms with E-state index in [1.54, 1.807) is 0 Å². The van der Waals surface area contributed by atoms with Crippen LogP contribution in [0.2, 0.25) is 0 Å². The third-order valence-corrected chi connectivity index (χ3v) is 4.56. The molecule has 2 heterocycles. The molecule has 1 aromatic carbocycles. The minimum atomic E-state index is 0. The quantitative estimate of drug-likeness (QED) is 0.892. The van der Waals surface area contributed by atoms with Crippen molar-refractivity contribution in [1.82, 2.24) is 15.2 Å². The van der Waals surface area contributed by atoms with Gasteiger partial charge in [0.05, 0.1) is 5.56 Å². The highest BCUT2D eigenvalue weighted by molar-refractivity contribution is 5.96. The fraction of sp³-hybridized carbons (Fsp3) is 0.421. The molecular weight excluding hydrogens is 322 g/mol. The van der Waals surface area contributed by atoms with E-state index in [-0.39, 0.29) is 18.3 Å². The molecule has 0 radical (unpaired) electrons. The van der Waals surface area contributed by atoms with Crippen molar-refractivity contribution in [2.75, 3.05) is 19.6 Å². The molecule has 3 rings (SSSR count). The molecule has 1 fully saturated rings. The molecule has 2 N–H and O–H groups in total. The Kier molecular flexibility index (Phi) is 5.73. The number of hydrogen-bond acceptors (Lipinski definition) is 2. The molecule has 4 nitrogen and oxygen atoms in total. The number of aromatic nitrogens is 1. The van der Waals surface area contributed by atoms with Crippen LogP contribution in [0.5, 0.6) is 0 Å². The summed E-state index contributed by atoms with van der Waals surface area (Å²) >= 11 is 0. The molecule has 1 amide bonds. The lowest BCUT2D eigenvalue weighted by molar-refractivity contribution is 0.0941. The molecule has 0 unspecified atom stereocenters. The van der Waals surface area contributed by atoms with E-state index in [9.17, 15) is 4.79 Å². The lowest BCUT2D eigenvalue weighted by Gasteiger charge is -2.27. The van der Waals surface area contributed by atoms with Crippen LogP contribution in [0.25, 0.3) is 5.69 Å². The zero-order valence-corrected chi connectivity index (χ0v) is 15.6. The minimum absolute atomic E-state index is 0. The molecule has 1 saturated heterocycles. The van der Waals surface area contributed by atoms with Crippen LogP contribution in [0, 0.1) is 33.6 Å². The maximum Gasteiger partial charge on any atom is 0.253 e. The van der Waals surface area contributed by atoms with Gasteiger partial charge in [-0.1, -0.05) is 6.07 Å². The molecule has 1 aliphatic rings. The Morgan fingerprint density at radius 1 is 1.12 bits per heavy atom. The van der Waals surface area contributed by atoms with Gasteiger partial charge in [-0.25, -0.2) is 0 Å². The maximum absolute atomic E-state index is 12.5. The van der Waals surface area contributed by atoms with Gasteiger partial charge in [0.15, 0.2) is 0 Å². The van der Waals surface area contributed by atoms with E-state index in [4.69, 9.17) is 0 Å². The highest BCUT2D eigenvalue weighted by Gasteiger charge is 2.20. The van der Waals surface area contributed by atoms with Gasteiger partial charge in [-0.2, -0.15) is 0 Å². The van der Waals surface area contributed by atoms with Gasteiger partial charge >= 0.3 is 0 Å². The van der Waals surface area contributed by atoms with Crippen LogP contribution in [-0.2, 0) is 0 Å². The Balaban J connectivity index is 0.00000208. The normalized spacial score (nSPS) is 14.0. The first-order chi connectivity index (χ1) is 11.0. The van der Waals surface area contributed by atoms with E-state index in [0.29, 0.717) is 5.92 Å². The zero-order chi connectivity index (χ0) is 16.6. The number of nitrogens with zero attached hydrogens (tertiary/aromatic N) is 1. The van der Waals surface area contributed by atoms with Crippen molar-refractivity contribution in [3.05, 3.63) is 52.3 Å². The molecule has 1 aromatic heterocycles. The van der Waals surface area contributed by atoms with Crippen molar-refractivity contribution < 1.29 is 4.79 Å². The van der Waals surface area contributed by atoms with E-state index in [1.165, 1.54) is 11.1 Å². The van der Waals surface area contributed by atoms with Gasteiger partial charge in [0.25, 0.3) is 5.91 Å². The number of aryl methyl sites for hydroxylation is 3. The topological polar surface area (TPSA) is 46.1 Å². The summed E-state index contributed by atoms with van der Waals surface area (Å²) in [5.74, 6) is 0.600. The van der Waals surface area contributed by atoms with Crippen LogP contribution < -0.4 is 10.6 Å². The number of rotatable bonds is 4. The lowest BCUT2D eigenvalue weighted by atomic mass is 10.0. The fourth-order valence-electron chi connectivity index (χ4n) is 3.29. The Hall–Kier alpha value is -1.78. The van der Waals surface area contributed by atoms with Gasteiger partial charge < -0.3 is 15.2 Å². The van der Waals surface area contributed by atoms with E-state index < -0.39 is 0 Å². The van der Waals surface area contributed by atoms with Crippen molar-refractivity contribution in [2.24, 2.45) is 5.92 Å².